The summed E-state index contributed by atoms with van der Waals surface area (Å²) < 4.78 is 12.7. The molecule has 3 rings (SSSR count). The predicted octanol–water partition coefficient (Wildman–Crippen LogP) is 1.65. The number of hydrogen-bond donors (Lipinski definition) is 2. The molecule has 0 aromatic heterocycles. The number of hydrogen-bond acceptors (Lipinski definition) is 2. The molecule has 0 unspecified atom stereocenters. The Labute approximate surface area is 105 Å². The molecule has 4 nitrogen and oxygen atoms in total. The first-order valence-electron chi connectivity index (χ1n) is 6.27. The van der Waals surface area contributed by atoms with E-state index in [1.165, 1.54) is 12.1 Å². The molecule has 0 aliphatic carbocycles. The molecule has 2 saturated heterocycles. The van der Waals surface area contributed by atoms with E-state index >= 15 is 0 Å². The normalized spacial score (nSPS) is 26.2. The first-order valence-corrected chi connectivity index (χ1v) is 6.27. The van der Waals surface area contributed by atoms with Crippen LogP contribution in [-0.2, 0) is 0 Å². The Morgan fingerprint density at radius 2 is 2.11 bits per heavy atom. The lowest BCUT2D eigenvalue weighted by Gasteiger charge is -2.18. The summed E-state index contributed by atoms with van der Waals surface area (Å²) in [4.78, 5) is 13.8. The van der Waals surface area contributed by atoms with Crippen LogP contribution in [0.5, 0.6) is 0 Å². The summed E-state index contributed by atoms with van der Waals surface area (Å²) in [6.07, 6.45) is 1.14. The lowest BCUT2D eigenvalue weighted by molar-refractivity contribution is 0.219. The van der Waals surface area contributed by atoms with Crippen LogP contribution in [0, 0.1) is 11.7 Å². The van der Waals surface area contributed by atoms with Gasteiger partial charge in [0.1, 0.15) is 5.82 Å². The van der Waals surface area contributed by atoms with Crippen molar-refractivity contribution >= 4 is 11.7 Å². The van der Waals surface area contributed by atoms with E-state index in [1.807, 2.05) is 4.90 Å². The molecule has 2 aliphatic heterocycles. The number of urea groups is 1. The third-order valence-electron chi connectivity index (χ3n) is 3.75. The molecular formula is C13H16FN3O. The molecular weight excluding hydrogens is 233 g/mol. The standard InChI is InChI=1S/C13H16FN3O/c14-10-1-3-11(4-2-10)16-13(18)17-7-9-5-6-15-12(9)8-17/h1-4,9,12,15H,5-8H2,(H,16,18)/t9-,12+/m0/s1. The van der Waals surface area contributed by atoms with Crippen molar-refractivity contribution in [2.24, 2.45) is 5.92 Å². The van der Waals surface area contributed by atoms with E-state index in [0.717, 1.165) is 26.1 Å². The molecule has 1 aromatic carbocycles. The van der Waals surface area contributed by atoms with Gasteiger partial charge in [0.15, 0.2) is 0 Å². The van der Waals surface area contributed by atoms with Gasteiger partial charge in [0.2, 0.25) is 0 Å². The van der Waals surface area contributed by atoms with Crippen LogP contribution in [0.25, 0.3) is 0 Å². The van der Waals surface area contributed by atoms with Crippen LogP contribution in [0.3, 0.4) is 0 Å². The molecule has 18 heavy (non-hydrogen) atoms. The summed E-state index contributed by atoms with van der Waals surface area (Å²) in [5.41, 5.74) is 0.631. The van der Waals surface area contributed by atoms with E-state index in [1.54, 1.807) is 12.1 Å². The zero-order valence-electron chi connectivity index (χ0n) is 10.0. The van der Waals surface area contributed by atoms with Gasteiger partial charge in [-0.2, -0.15) is 0 Å². The molecule has 2 amide bonds. The van der Waals surface area contributed by atoms with Crippen LogP contribution in [0.4, 0.5) is 14.9 Å². The van der Waals surface area contributed by atoms with Crippen LogP contribution < -0.4 is 10.6 Å². The fourth-order valence-corrected chi connectivity index (χ4v) is 2.75. The topological polar surface area (TPSA) is 44.4 Å². The van der Waals surface area contributed by atoms with Crippen molar-refractivity contribution in [2.75, 3.05) is 25.0 Å². The Morgan fingerprint density at radius 1 is 1.33 bits per heavy atom. The predicted molar refractivity (Wildman–Crippen MR) is 66.9 cm³/mol. The average molecular weight is 249 g/mol. The summed E-state index contributed by atoms with van der Waals surface area (Å²) in [6, 6.07) is 6.18. The van der Waals surface area contributed by atoms with Crippen LogP contribution in [0.1, 0.15) is 6.42 Å². The SMILES string of the molecule is O=C(Nc1ccc(F)cc1)N1C[C@@H]2CCN[C@@H]2C1. The highest BCUT2D eigenvalue weighted by molar-refractivity contribution is 5.89. The maximum Gasteiger partial charge on any atom is 0.321 e. The minimum Gasteiger partial charge on any atom is -0.323 e. The third-order valence-corrected chi connectivity index (χ3v) is 3.75. The van der Waals surface area contributed by atoms with Crippen molar-refractivity contribution in [1.29, 1.82) is 0 Å². The summed E-state index contributed by atoms with van der Waals surface area (Å²) in [5, 5.41) is 6.20. The zero-order chi connectivity index (χ0) is 12.5. The van der Waals surface area contributed by atoms with Gasteiger partial charge in [0, 0.05) is 24.8 Å². The van der Waals surface area contributed by atoms with E-state index in [0.29, 0.717) is 17.6 Å². The van der Waals surface area contributed by atoms with E-state index in [9.17, 15) is 9.18 Å². The van der Waals surface area contributed by atoms with Crippen LogP contribution in [-0.4, -0.2) is 36.6 Å². The second-order valence-electron chi connectivity index (χ2n) is 4.95. The minimum absolute atomic E-state index is 0.0993. The van der Waals surface area contributed by atoms with E-state index in [2.05, 4.69) is 10.6 Å². The van der Waals surface area contributed by atoms with Crippen molar-refractivity contribution in [3.63, 3.8) is 0 Å². The van der Waals surface area contributed by atoms with Crippen LogP contribution >= 0.6 is 0 Å². The van der Waals surface area contributed by atoms with Gasteiger partial charge in [-0.15, -0.1) is 0 Å². The fraction of sp³-hybridized carbons (Fsp3) is 0.462. The van der Waals surface area contributed by atoms with Gasteiger partial charge in [-0.1, -0.05) is 0 Å². The highest BCUT2D eigenvalue weighted by atomic mass is 19.1. The third kappa shape index (κ3) is 2.18. The van der Waals surface area contributed by atoms with Crippen molar-refractivity contribution < 1.29 is 9.18 Å². The second kappa shape index (κ2) is 4.57. The van der Waals surface area contributed by atoms with Gasteiger partial charge in [-0.3, -0.25) is 0 Å². The Kier molecular flexibility index (Phi) is 2.91. The van der Waals surface area contributed by atoms with Crippen LogP contribution in [0.2, 0.25) is 0 Å². The largest absolute Gasteiger partial charge is 0.323 e. The molecule has 0 bridgehead atoms. The summed E-state index contributed by atoms with van der Waals surface area (Å²) >= 11 is 0. The number of fused-ring (bicyclic) bond motifs is 1. The monoisotopic (exact) mass is 249 g/mol. The van der Waals surface area contributed by atoms with Gasteiger partial charge in [0.25, 0.3) is 0 Å². The zero-order valence-corrected chi connectivity index (χ0v) is 10.0. The smallest absolute Gasteiger partial charge is 0.321 e. The van der Waals surface area contributed by atoms with Crippen LogP contribution in [0.15, 0.2) is 24.3 Å². The van der Waals surface area contributed by atoms with E-state index < -0.39 is 0 Å². The highest BCUT2D eigenvalue weighted by Crippen LogP contribution is 2.25. The fourth-order valence-electron chi connectivity index (χ4n) is 2.75. The number of amides is 2. The Morgan fingerprint density at radius 3 is 2.83 bits per heavy atom. The van der Waals surface area contributed by atoms with Gasteiger partial charge < -0.3 is 15.5 Å². The first kappa shape index (κ1) is 11.5. The summed E-state index contributed by atoms with van der Waals surface area (Å²) in [5.74, 6) is 0.289. The number of halogens is 1. The van der Waals surface area contributed by atoms with Gasteiger partial charge in [-0.25, -0.2) is 9.18 Å². The second-order valence-corrected chi connectivity index (χ2v) is 4.95. The van der Waals surface area contributed by atoms with E-state index in [4.69, 9.17) is 0 Å². The Balaban J connectivity index is 1.60. The number of rotatable bonds is 1. The van der Waals surface area contributed by atoms with Crippen molar-refractivity contribution in [1.82, 2.24) is 10.2 Å². The molecule has 2 heterocycles. The summed E-state index contributed by atoms with van der Waals surface area (Å²) in [6.45, 7) is 2.63. The Hall–Kier alpha value is -1.62. The number of carbonyl (C=O) groups excluding carboxylic acids is 1. The van der Waals surface area contributed by atoms with Crippen molar-refractivity contribution in [2.45, 2.75) is 12.5 Å². The molecule has 2 N–H and O–H groups in total. The minimum atomic E-state index is -0.298. The number of nitrogens with one attached hydrogen (secondary N) is 2. The number of nitrogens with zero attached hydrogens (tertiary/aromatic N) is 1. The van der Waals surface area contributed by atoms with Gasteiger partial charge in [0.05, 0.1) is 0 Å². The first-order chi connectivity index (χ1) is 8.72. The van der Waals surface area contributed by atoms with Gasteiger partial charge in [-0.05, 0) is 43.1 Å². The molecule has 96 valence electrons. The quantitative estimate of drug-likeness (QED) is 0.795. The lowest BCUT2D eigenvalue weighted by atomic mass is 10.1. The number of anilines is 1. The maximum atomic E-state index is 12.7. The Bertz CT molecular complexity index is 436. The van der Waals surface area contributed by atoms with E-state index in [-0.39, 0.29) is 11.8 Å². The van der Waals surface area contributed by atoms with Gasteiger partial charge >= 0.3 is 6.03 Å². The molecule has 0 saturated carbocycles. The summed E-state index contributed by atoms with van der Waals surface area (Å²) in [7, 11) is 0. The molecule has 2 atom stereocenters. The lowest BCUT2D eigenvalue weighted by Crippen LogP contribution is -2.36. The number of benzene rings is 1. The molecule has 1 aromatic rings. The number of carbonyl (C=O) groups is 1. The van der Waals surface area contributed by atoms with Crippen molar-refractivity contribution in [3.05, 3.63) is 30.1 Å². The molecule has 5 heteroatoms. The average Bonchev–Trinajstić information content (AvgIpc) is 2.92. The highest BCUT2D eigenvalue weighted by Gasteiger charge is 2.37. The molecule has 2 fully saturated rings. The maximum absolute atomic E-state index is 12.7. The molecule has 0 spiro atoms. The van der Waals surface area contributed by atoms with Crippen molar-refractivity contribution in [3.8, 4) is 0 Å². The molecule has 0 radical (unpaired) electrons. The number of likely N-dealkylation sites (tertiary alicyclic amines) is 1. The molecule has 2 aliphatic rings.